The summed E-state index contributed by atoms with van der Waals surface area (Å²) < 4.78 is 18.4. The van der Waals surface area contributed by atoms with Gasteiger partial charge in [0.1, 0.15) is 16.9 Å². The molecule has 1 aliphatic rings. The monoisotopic (exact) mass is 464 g/mol. The van der Waals surface area contributed by atoms with Gasteiger partial charge in [-0.25, -0.2) is 9.18 Å². The van der Waals surface area contributed by atoms with E-state index >= 15 is 0 Å². The first kappa shape index (κ1) is 22.2. The molecule has 1 atom stereocenters. The zero-order chi connectivity index (χ0) is 21.8. The Kier molecular flexibility index (Phi) is 7.03. The highest BCUT2D eigenvalue weighted by Crippen LogP contribution is 2.42. The molecule has 2 aromatic rings. The number of ether oxygens (including phenoxy) is 1. The van der Waals surface area contributed by atoms with Crippen molar-refractivity contribution in [3.8, 4) is 6.07 Å². The van der Waals surface area contributed by atoms with Gasteiger partial charge in [0.15, 0.2) is 5.57 Å². The molecule has 0 spiro atoms. The van der Waals surface area contributed by atoms with Crippen LogP contribution in [0.5, 0.6) is 0 Å². The quantitative estimate of drug-likeness (QED) is 0.348. The minimum Gasteiger partial charge on any atom is -0.462 e. The molecule has 9 heteroatoms. The molecule has 1 unspecified atom stereocenters. The second-order valence-corrected chi connectivity index (χ2v) is 8.24. The molecule has 1 fully saturated rings. The van der Waals surface area contributed by atoms with Crippen LogP contribution < -0.4 is 4.90 Å². The zero-order valence-electron chi connectivity index (χ0n) is 15.7. The molecule has 1 saturated heterocycles. The molecule has 0 bridgehead atoms. The van der Waals surface area contributed by atoms with Gasteiger partial charge in [0.25, 0.3) is 0 Å². The van der Waals surface area contributed by atoms with Gasteiger partial charge in [-0.15, -0.1) is 0 Å². The van der Waals surface area contributed by atoms with Crippen LogP contribution in [-0.2, 0) is 20.7 Å². The van der Waals surface area contributed by atoms with Gasteiger partial charge < -0.3 is 4.74 Å². The molecule has 0 aliphatic carbocycles. The lowest BCUT2D eigenvalue weighted by Crippen LogP contribution is -2.30. The fraction of sp³-hybridized carbons (Fsp3) is 0.190. The minimum atomic E-state index is -0.830. The van der Waals surface area contributed by atoms with Gasteiger partial charge in [0.2, 0.25) is 5.91 Å². The van der Waals surface area contributed by atoms with E-state index in [9.17, 15) is 19.2 Å². The number of esters is 1. The molecule has 0 N–H and O–H groups in total. The molecule has 1 heterocycles. The maximum atomic E-state index is 13.4. The molecule has 2 aromatic carbocycles. The number of thioether (sulfide) groups is 1. The summed E-state index contributed by atoms with van der Waals surface area (Å²) in [5, 5.41) is 9.96. The highest BCUT2D eigenvalue weighted by molar-refractivity contribution is 8.05. The smallest absolute Gasteiger partial charge is 0.351 e. The Hall–Kier alpha value is -2.53. The zero-order valence-corrected chi connectivity index (χ0v) is 18.0. The number of carbonyl (C=O) groups excluding carboxylic acids is 2. The number of hydrogen-bond acceptors (Lipinski definition) is 5. The van der Waals surface area contributed by atoms with E-state index in [-0.39, 0.29) is 29.5 Å². The van der Waals surface area contributed by atoms with Crippen molar-refractivity contribution < 1.29 is 18.7 Å². The van der Waals surface area contributed by atoms with Crippen LogP contribution in [0.2, 0.25) is 10.0 Å². The van der Waals surface area contributed by atoms with Crippen molar-refractivity contribution in [3.05, 3.63) is 74.5 Å². The van der Waals surface area contributed by atoms with E-state index in [4.69, 9.17) is 27.9 Å². The van der Waals surface area contributed by atoms with E-state index in [0.717, 1.165) is 11.8 Å². The van der Waals surface area contributed by atoms with E-state index in [0.29, 0.717) is 21.3 Å². The van der Waals surface area contributed by atoms with Crippen LogP contribution in [0.15, 0.2) is 53.1 Å². The van der Waals surface area contributed by atoms with Crippen LogP contribution in [0.3, 0.4) is 0 Å². The van der Waals surface area contributed by atoms with Gasteiger partial charge in [-0.1, -0.05) is 35.0 Å². The Morgan fingerprint density at radius 1 is 1.27 bits per heavy atom. The molecule has 154 valence electrons. The standard InChI is InChI=1S/C21H15Cl2FN2O3S/c1-2-29-21(28)16(11-25)20-26(15-6-4-14(24)5-7-15)19(27)18(30-20)10-12-9-13(22)3-8-17(12)23/h3-9,18H,2,10H2,1H3. The summed E-state index contributed by atoms with van der Waals surface area (Å²) >= 11 is 13.3. The lowest BCUT2D eigenvalue weighted by atomic mass is 10.1. The number of rotatable bonds is 5. The molecule has 0 aromatic heterocycles. The molecular weight excluding hydrogens is 450 g/mol. The van der Waals surface area contributed by atoms with E-state index in [1.807, 2.05) is 6.07 Å². The number of benzene rings is 2. The van der Waals surface area contributed by atoms with E-state index in [1.54, 1.807) is 25.1 Å². The highest BCUT2D eigenvalue weighted by Gasteiger charge is 2.41. The Bertz CT molecular complexity index is 1070. The summed E-state index contributed by atoms with van der Waals surface area (Å²) in [4.78, 5) is 26.8. The van der Waals surface area contributed by atoms with Crippen LogP contribution in [0.25, 0.3) is 0 Å². The number of amides is 1. The molecule has 5 nitrogen and oxygen atoms in total. The van der Waals surface area contributed by atoms with Crippen molar-refractivity contribution in [2.45, 2.75) is 18.6 Å². The summed E-state index contributed by atoms with van der Waals surface area (Å²) in [6.07, 6.45) is 0.228. The minimum absolute atomic E-state index is 0.0774. The number of nitriles is 1. The van der Waals surface area contributed by atoms with Crippen LogP contribution in [-0.4, -0.2) is 23.7 Å². The fourth-order valence-electron chi connectivity index (χ4n) is 2.90. The lowest BCUT2D eigenvalue weighted by Gasteiger charge is -2.18. The second-order valence-electron chi connectivity index (χ2n) is 6.21. The summed E-state index contributed by atoms with van der Waals surface area (Å²) in [6.45, 7) is 1.69. The molecule has 1 amide bonds. The van der Waals surface area contributed by atoms with Crippen molar-refractivity contribution in [2.75, 3.05) is 11.5 Å². The highest BCUT2D eigenvalue weighted by atomic mass is 35.5. The van der Waals surface area contributed by atoms with Gasteiger partial charge in [-0.3, -0.25) is 9.69 Å². The molecule has 0 saturated carbocycles. The SMILES string of the molecule is CCOC(=O)C(C#N)=C1SC(Cc2cc(Cl)ccc2Cl)C(=O)N1c1ccc(F)cc1. The topological polar surface area (TPSA) is 70.4 Å². The molecule has 0 radical (unpaired) electrons. The van der Waals surface area contributed by atoms with Gasteiger partial charge in [-0.05, 0) is 61.4 Å². The van der Waals surface area contributed by atoms with Gasteiger partial charge in [0.05, 0.1) is 11.9 Å². The number of nitrogens with zero attached hydrogens (tertiary/aromatic N) is 2. The van der Waals surface area contributed by atoms with Crippen molar-refractivity contribution in [3.63, 3.8) is 0 Å². The van der Waals surface area contributed by atoms with Crippen LogP contribution in [0.1, 0.15) is 12.5 Å². The Balaban J connectivity index is 2.06. The Labute approximate surface area is 187 Å². The largest absolute Gasteiger partial charge is 0.462 e. The first-order chi connectivity index (χ1) is 14.3. The summed E-state index contributed by atoms with van der Waals surface area (Å²) in [6, 6.07) is 12.0. The third-order valence-corrected chi connectivity index (χ3v) is 6.12. The van der Waals surface area contributed by atoms with E-state index in [1.165, 1.54) is 29.2 Å². The maximum Gasteiger partial charge on any atom is 0.351 e. The first-order valence-corrected chi connectivity index (χ1v) is 10.5. The third-order valence-electron chi connectivity index (χ3n) is 4.26. The Morgan fingerprint density at radius 3 is 2.60 bits per heavy atom. The van der Waals surface area contributed by atoms with Gasteiger partial charge in [-0.2, -0.15) is 5.26 Å². The summed E-state index contributed by atoms with van der Waals surface area (Å²) in [5.41, 5.74) is 0.699. The van der Waals surface area contributed by atoms with Crippen molar-refractivity contribution in [1.82, 2.24) is 0 Å². The Morgan fingerprint density at radius 2 is 1.97 bits per heavy atom. The number of carbonyl (C=O) groups is 2. The third kappa shape index (κ3) is 4.62. The van der Waals surface area contributed by atoms with Gasteiger partial charge >= 0.3 is 5.97 Å². The van der Waals surface area contributed by atoms with Crippen LogP contribution in [0, 0.1) is 17.1 Å². The number of hydrogen-bond donors (Lipinski definition) is 0. The molecule has 1 aliphatic heterocycles. The average Bonchev–Trinajstić information content (AvgIpc) is 3.02. The van der Waals surface area contributed by atoms with Crippen molar-refractivity contribution in [2.24, 2.45) is 0 Å². The number of halogens is 3. The molecule has 30 heavy (non-hydrogen) atoms. The van der Waals surface area contributed by atoms with E-state index in [2.05, 4.69) is 0 Å². The second kappa shape index (κ2) is 9.52. The maximum absolute atomic E-state index is 13.4. The molecule has 3 rings (SSSR count). The fourth-order valence-corrected chi connectivity index (χ4v) is 4.58. The van der Waals surface area contributed by atoms with Crippen molar-refractivity contribution in [1.29, 1.82) is 5.26 Å². The van der Waals surface area contributed by atoms with Crippen molar-refractivity contribution >= 4 is 52.5 Å². The van der Waals surface area contributed by atoms with E-state index < -0.39 is 17.0 Å². The number of anilines is 1. The summed E-state index contributed by atoms with van der Waals surface area (Å²) in [5.74, 6) is -1.67. The first-order valence-electron chi connectivity index (χ1n) is 8.87. The van der Waals surface area contributed by atoms with Crippen LogP contribution in [0.4, 0.5) is 10.1 Å². The lowest BCUT2D eigenvalue weighted by molar-refractivity contribution is -0.138. The van der Waals surface area contributed by atoms with Gasteiger partial charge in [0, 0.05) is 15.7 Å². The normalized spacial score (nSPS) is 17.6. The predicted octanol–water partition coefficient (Wildman–Crippen LogP) is 5.12. The average molecular weight is 465 g/mol. The predicted molar refractivity (Wildman–Crippen MR) is 115 cm³/mol. The van der Waals surface area contributed by atoms with Crippen LogP contribution >= 0.6 is 35.0 Å². The molecular formula is C21H15Cl2FN2O3S. The summed E-state index contributed by atoms with van der Waals surface area (Å²) in [7, 11) is 0.